The van der Waals surface area contributed by atoms with Crippen LogP contribution in [0.5, 0.6) is 0 Å². The molecule has 0 saturated carbocycles. The van der Waals surface area contributed by atoms with E-state index in [1.165, 1.54) is 32.4 Å². The van der Waals surface area contributed by atoms with E-state index in [0.29, 0.717) is 12.5 Å². The van der Waals surface area contributed by atoms with E-state index >= 15 is 0 Å². The van der Waals surface area contributed by atoms with Crippen molar-refractivity contribution in [3.05, 3.63) is 0 Å². The van der Waals surface area contributed by atoms with Gasteiger partial charge in [0.2, 0.25) is 0 Å². The Kier molecular flexibility index (Phi) is 4.74. The Hall–Kier alpha value is -0.0800. The van der Waals surface area contributed by atoms with E-state index in [9.17, 15) is 0 Å². The van der Waals surface area contributed by atoms with Gasteiger partial charge in [-0.25, -0.2) is 0 Å². The number of rotatable bonds is 4. The van der Waals surface area contributed by atoms with Gasteiger partial charge < -0.3 is 10.0 Å². The van der Waals surface area contributed by atoms with Crippen molar-refractivity contribution in [2.45, 2.75) is 32.6 Å². The number of piperidine rings is 1. The summed E-state index contributed by atoms with van der Waals surface area (Å²) in [6.45, 7) is 5.03. The molecule has 78 valence electrons. The lowest BCUT2D eigenvalue weighted by molar-refractivity contribution is 0.149. The van der Waals surface area contributed by atoms with Gasteiger partial charge in [-0.1, -0.05) is 13.3 Å². The standard InChI is InChI=1S/C11H23NO/c1-3-10(9-13)7-11-5-4-6-12(2)8-11/h10-11,13H,3-9H2,1-2H3. The fourth-order valence-electron chi connectivity index (χ4n) is 2.31. The van der Waals surface area contributed by atoms with Crippen LogP contribution in [0.4, 0.5) is 0 Å². The summed E-state index contributed by atoms with van der Waals surface area (Å²) in [6, 6.07) is 0. The molecule has 1 heterocycles. The van der Waals surface area contributed by atoms with Crippen LogP contribution in [-0.4, -0.2) is 36.8 Å². The largest absolute Gasteiger partial charge is 0.396 e. The monoisotopic (exact) mass is 185 g/mol. The summed E-state index contributed by atoms with van der Waals surface area (Å²) in [7, 11) is 2.20. The Morgan fingerprint density at radius 2 is 2.31 bits per heavy atom. The van der Waals surface area contributed by atoms with E-state index in [4.69, 9.17) is 5.11 Å². The molecule has 0 aromatic rings. The molecule has 1 N–H and O–H groups in total. The first-order valence-electron chi connectivity index (χ1n) is 5.55. The topological polar surface area (TPSA) is 23.5 Å². The van der Waals surface area contributed by atoms with E-state index in [2.05, 4.69) is 18.9 Å². The summed E-state index contributed by atoms with van der Waals surface area (Å²) in [5.41, 5.74) is 0. The van der Waals surface area contributed by atoms with Gasteiger partial charge in [-0.05, 0) is 44.7 Å². The van der Waals surface area contributed by atoms with Gasteiger partial charge in [0.05, 0.1) is 0 Å². The highest BCUT2D eigenvalue weighted by atomic mass is 16.3. The molecule has 1 aliphatic rings. The Morgan fingerprint density at radius 1 is 1.54 bits per heavy atom. The molecular weight excluding hydrogens is 162 g/mol. The van der Waals surface area contributed by atoms with Crippen molar-refractivity contribution in [1.82, 2.24) is 4.90 Å². The second-order valence-electron chi connectivity index (χ2n) is 4.46. The van der Waals surface area contributed by atoms with Crippen molar-refractivity contribution in [2.75, 3.05) is 26.7 Å². The van der Waals surface area contributed by atoms with Gasteiger partial charge in [0.1, 0.15) is 0 Å². The molecule has 0 bridgehead atoms. The number of nitrogens with zero attached hydrogens (tertiary/aromatic N) is 1. The van der Waals surface area contributed by atoms with E-state index in [1.54, 1.807) is 0 Å². The summed E-state index contributed by atoms with van der Waals surface area (Å²) in [5.74, 6) is 1.37. The van der Waals surface area contributed by atoms with Crippen LogP contribution >= 0.6 is 0 Å². The molecule has 1 fully saturated rings. The molecule has 1 aliphatic heterocycles. The third kappa shape index (κ3) is 3.65. The van der Waals surface area contributed by atoms with E-state index < -0.39 is 0 Å². The number of aliphatic hydroxyl groups is 1. The number of hydrogen-bond acceptors (Lipinski definition) is 2. The van der Waals surface area contributed by atoms with Crippen LogP contribution in [0, 0.1) is 11.8 Å². The normalized spacial score (nSPS) is 27.5. The summed E-state index contributed by atoms with van der Waals surface area (Å²) >= 11 is 0. The van der Waals surface area contributed by atoms with Gasteiger partial charge >= 0.3 is 0 Å². The SMILES string of the molecule is CCC(CO)CC1CCCN(C)C1. The zero-order valence-corrected chi connectivity index (χ0v) is 9.00. The molecule has 2 heteroatoms. The number of aliphatic hydroxyl groups excluding tert-OH is 1. The van der Waals surface area contributed by atoms with Crippen molar-refractivity contribution < 1.29 is 5.11 Å². The van der Waals surface area contributed by atoms with Gasteiger partial charge in [-0.3, -0.25) is 0 Å². The molecule has 1 rings (SSSR count). The Labute approximate surface area is 81.9 Å². The van der Waals surface area contributed by atoms with Crippen molar-refractivity contribution >= 4 is 0 Å². The predicted octanol–water partition coefficient (Wildman–Crippen LogP) is 1.74. The first-order valence-corrected chi connectivity index (χ1v) is 5.55. The van der Waals surface area contributed by atoms with E-state index in [0.717, 1.165) is 12.3 Å². The van der Waals surface area contributed by atoms with Gasteiger partial charge in [0.25, 0.3) is 0 Å². The second-order valence-corrected chi connectivity index (χ2v) is 4.46. The lowest BCUT2D eigenvalue weighted by Crippen LogP contribution is -2.33. The summed E-state index contributed by atoms with van der Waals surface area (Å²) in [6.07, 6.45) is 5.04. The Morgan fingerprint density at radius 3 is 2.85 bits per heavy atom. The van der Waals surface area contributed by atoms with Crippen LogP contribution in [0.1, 0.15) is 32.6 Å². The van der Waals surface area contributed by atoms with Crippen LogP contribution in [-0.2, 0) is 0 Å². The molecule has 2 unspecified atom stereocenters. The Balaban J connectivity index is 2.26. The molecule has 0 aliphatic carbocycles. The van der Waals surface area contributed by atoms with E-state index in [-0.39, 0.29) is 0 Å². The minimum Gasteiger partial charge on any atom is -0.396 e. The highest BCUT2D eigenvalue weighted by Crippen LogP contribution is 2.23. The highest BCUT2D eigenvalue weighted by molar-refractivity contribution is 4.73. The van der Waals surface area contributed by atoms with Crippen LogP contribution in [0.2, 0.25) is 0 Å². The summed E-state index contributed by atoms with van der Waals surface area (Å²) in [5, 5.41) is 9.11. The minimum atomic E-state index is 0.372. The van der Waals surface area contributed by atoms with Crippen molar-refractivity contribution in [3.63, 3.8) is 0 Å². The third-order valence-corrected chi connectivity index (χ3v) is 3.22. The maximum absolute atomic E-state index is 9.11. The molecule has 0 spiro atoms. The van der Waals surface area contributed by atoms with Gasteiger partial charge in [-0.2, -0.15) is 0 Å². The maximum atomic E-state index is 9.11. The molecule has 0 aromatic carbocycles. The smallest absolute Gasteiger partial charge is 0.0459 e. The predicted molar refractivity (Wildman–Crippen MR) is 55.7 cm³/mol. The Bertz CT molecular complexity index is 134. The van der Waals surface area contributed by atoms with Crippen molar-refractivity contribution in [3.8, 4) is 0 Å². The van der Waals surface area contributed by atoms with Crippen molar-refractivity contribution in [2.24, 2.45) is 11.8 Å². The number of likely N-dealkylation sites (tertiary alicyclic amines) is 1. The van der Waals surface area contributed by atoms with Crippen LogP contribution in [0.3, 0.4) is 0 Å². The van der Waals surface area contributed by atoms with E-state index in [1.807, 2.05) is 0 Å². The zero-order valence-electron chi connectivity index (χ0n) is 9.00. The fraction of sp³-hybridized carbons (Fsp3) is 1.00. The second kappa shape index (κ2) is 5.61. The first-order chi connectivity index (χ1) is 6.26. The van der Waals surface area contributed by atoms with Gasteiger partial charge in [-0.15, -0.1) is 0 Å². The van der Waals surface area contributed by atoms with Crippen LogP contribution in [0.25, 0.3) is 0 Å². The van der Waals surface area contributed by atoms with Gasteiger partial charge in [0, 0.05) is 13.2 Å². The average molecular weight is 185 g/mol. The fourth-order valence-corrected chi connectivity index (χ4v) is 2.31. The molecule has 0 aromatic heterocycles. The van der Waals surface area contributed by atoms with Crippen molar-refractivity contribution in [1.29, 1.82) is 0 Å². The molecule has 0 radical (unpaired) electrons. The zero-order chi connectivity index (χ0) is 9.68. The first kappa shape index (κ1) is 11.0. The summed E-state index contributed by atoms with van der Waals surface area (Å²) in [4.78, 5) is 2.41. The molecular formula is C11H23NO. The molecule has 2 nitrogen and oxygen atoms in total. The molecule has 2 atom stereocenters. The van der Waals surface area contributed by atoms with Gasteiger partial charge in [0.15, 0.2) is 0 Å². The maximum Gasteiger partial charge on any atom is 0.0459 e. The minimum absolute atomic E-state index is 0.372. The lowest BCUT2D eigenvalue weighted by Gasteiger charge is -2.31. The average Bonchev–Trinajstić information content (AvgIpc) is 2.14. The molecule has 13 heavy (non-hydrogen) atoms. The number of hydrogen-bond donors (Lipinski definition) is 1. The van der Waals surface area contributed by atoms with Crippen LogP contribution in [0.15, 0.2) is 0 Å². The summed E-state index contributed by atoms with van der Waals surface area (Å²) < 4.78 is 0. The highest BCUT2D eigenvalue weighted by Gasteiger charge is 2.19. The quantitative estimate of drug-likeness (QED) is 0.721. The third-order valence-electron chi connectivity index (χ3n) is 3.22. The van der Waals surface area contributed by atoms with Crippen LogP contribution < -0.4 is 0 Å². The lowest BCUT2D eigenvalue weighted by atomic mass is 9.87. The molecule has 1 saturated heterocycles. The molecule has 0 amide bonds.